The number of rotatable bonds is 6. The summed E-state index contributed by atoms with van der Waals surface area (Å²) in [5.41, 5.74) is 3.20. The zero-order chi connectivity index (χ0) is 20.4. The van der Waals surface area contributed by atoms with Crippen molar-refractivity contribution in [2.45, 2.75) is 45.3 Å². The summed E-state index contributed by atoms with van der Waals surface area (Å²) in [7, 11) is 1.56. The predicted octanol–water partition coefficient (Wildman–Crippen LogP) is 4.46. The first-order chi connectivity index (χ1) is 13.4. The van der Waals surface area contributed by atoms with Crippen LogP contribution < -0.4 is 10.4 Å². The Balaban J connectivity index is 2.53. The molecule has 0 saturated heterocycles. The average Bonchev–Trinajstić information content (AvgIpc) is 2.66. The zero-order valence-electron chi connectivity index (χ0n) is 16.8. The van der Waals surface area contributed by atoms with E-state index in [1.807, 2.05) is 32.2 Å². The fourth-order valence-corrected chi connectivity index (χ4v) is 3.96. The Bertz CT molecular complexity index is 1130. The lowest BCUT2D eigenvalue weighted by Gasteiger charge is -2.17. The number of ether oxygens (including phenoxy) is 1. The molecule has 6 nitrogen and oxygen atoms in total. The van der Waals surface area contributed by atoms with Gasteiger partial charge in [0, 0.05) is 6.54 Å². The molecule has 8 heteroatoms. The van der Waals surface area contributed by atoms with Crippen molar-refractivity contribution in [2.75, 3.05) is 13.4 Å². The van der Waals surface area contributed by atoms with Crippen molar-refractivity contribution in [2.24, 2.45) is 0 Å². The molecule has 0 aliphatic carbocycles. The number of fused-ring (bicyclic) bond motifs is 1. The number of methoxy groups -OCH3 is 1. The van der Waals surface area contributed by atoms with Gasteiger partial charge in [0.25, 0.3) is 0 Å². The second kappa shape index (κ2) is 8.45. The Labute approximate surface area is 173 Å². The molecule has 0 aliphatic heterocycles. The summed E-state index contributed by atoms with van der Waals surface area (Å²) in [5, 5.41) is 1.12. The molecule has 28 heavy (non-hydrogen) atoms. The minimum absolute atomic E-state index is 0.191. The number of nitrogens with zero attached hydrogens (tertiary/aromatic N) is 4. The number of benzene rings is 1. The first-order valence-electron chi connectivity index (χ1n) is 9.15. The van der Waals surface area contributed by atoms with Crippen LogP contribution in [0, 0.1) is 18.5 Å². The van der Waals surface area contributed by atoms with E-state index >= 15 is 0 Å². The van der Waals surface area contributed by atoms with E-state index in [1.165, 1.54) is 11.8 Å². The highest BCUT2D eigenvalue weighted by Crippen LogP contribution is 2.27. The van der Waals surface area contributed by atoms with Gasteiger partial charge in [-0.1, -0.05) is 43.4 Å². The highest BCUT2D eigenvalue weighted by atomic mass is 32.2. The molecule has 0 bridgehead atoms. The van der Waals surface area contributed by atoms with Crippen molar-refractivity contribution in [1.82, 2.24) is 19.1 Å². The van der Waals surface area contributed by atoms with E-state index in [2.05, 4.69) is 23.0 Å². The number of aromatic nitrogens is 4. The molecule has 0 radical (unpaired) electrons. The molecule has 0 atom stereocenters. The van der Waals surface area contributed by atoms with Gasteiger partial charge in [-0.05, 0) is 49.8 Å². The van der Waals surface area contributed by atoms with Crippen molar-refractivity contribution in [1.29, 1.82) is 0 Å². The summed E-state index contributed by atoms with van der Waals surface area (Å²) >= 11 is 7.07. The Kier molecular flexibility index (Phi) is 6.20. The molecule has 148 valence electrons. The Morgan fingerprint density at radius 2 is 1.86 bits per heavy atom. The summed E-state index contributed by atoms with van der Waals surface area (Å²) in [6.07, 6.45) is 3.70. The normalized spacial score (nSPS) is 11.2. The molecule has 3 rings (SSSR count). The van der Waals surface area contributed by atoms with E-state index in [-0.39, 0.29) is 5.69 Å². The van der Waals surface area contributed by atoms with E-state index in [4.69, 9.17) is 17.0 Å². The molecule has 0 fully saturated rings. The van der Waals surface area contributed by atoms with Gasteiger partial charge in [-0.25, -0.2) is 14.3 Å². The van der Waals surface area contributed by atoms with E-state index in [0.29, 0.717) is 33.3 Å². The molecular formula is C20H24N4O2S2. The van der Waals surface area contributed by atoms with Crippen molar-refractivity contribution in [3.05, 3.63) is 44.5 Å². The molecule has 3 aromatic rings. The van der Waals surface area contributed by atoms with Crippen molar-refractivity contribution >= 4 is 35.0 Å². The lowest BCUT2D eigenvalue weighted by molar-refractivity contribution is 0.397. The molecule has 2 heterocycles. The first kappa shape index (κ1) is 20.5. The van der Waals surface area contributed by atoms with Crippen LogP contribution in [0.5, 0.6) is 5.88 Å². The maximum Gasteiger partial charge on any atom is 0.335 e. The van der Waals surface area contributed by atoms with Crippen LogP contribution in [-0.4, -0.2) is 32.5 Å². The molecule has 0 spiro atoms. The second-order valence-electron chi connectivity index (χ2n) is 6.69. The number of aryl methyl sites for hydroxylation is 2. The quantitative estimate of drug-likeness (QED) is 0.336. The van der Waals surface area contributed by atoms with E-state index < -0.39 is 0 Å². The van der Waals surface area contributed by atoms with Crippen LogP contribution >= 0.6 is 24.0 Å². The third-order valence-corrected chi connectivity index (χ3v) is 5.48. The Hall–Kier alpha value is -2.19. The second-order valence-corrected chi connectivity index (χ2v) is 7.85. The highest BCUT2D eigenvalue weighted by molar-refractivity contribution is 7.98. The van der Waals surface area contributed by atoms with Crippen molar-refractivity contribution in [3.8, 4) is 11.6 Å². The molecule has 2 aromatic heterocycles. The largest absolute Gasteiger partial charge is 0.480 e. The monoisotopic (exact) mass is 416 g/mol. The van der Waals surface area contributed by atoms with Gasteiger partial charge in [0.2, 0.25) is 5.88 Å². The smallest absolute Gasteiger partial charge is 0.335 e. The van der Waals surface area contributed by atoms with Gasteiger partial charge in [-0.3, -0.25) is 4.57 Å². The summed E-state index contributed by atoms with van der Waals surface area (Å²) in [4.78, 5) is 22.6. The lowest BCUT2D eigenvalue weighted by Crippen LogP contribution is -2.31. The maximum absolute atomic E-state index is 13.5. The van der Waals surface area contributed by atoms with Gasteiger partial charge in [-0.15, -0.1) is 0 Å². The standard InChI is InChI=1S/C20H24N4O2S2/c1-6-7-8-23-18(27)15-16(21-19(28-5)22-17(15)26-4)24(20(23)25)14-10-12(2)9-13(3)11-14/h9-11H,6-8H2,1-5H3. The average molecular weight is 417 g/mol. The first-order valence-corrected chi connectivity index (χ1v) is 10.8. The van der Waals surface area contributed by atoms with Gasteiger partial charge >= 0.3 is 5.69 Å². The van der Waals surface area contributed by atoms with Gasteiger partial charge in [0.1, 0.15) is 10.0 Å². The van der Waals surface area contributed by atoms with Crippen molar-refractivity contribution in [3.63, 3.8) is 0 Å². The van der Waals surface area contributed by atoms with E-state index in [1.54, 1.807) is 16.2 Å². The summed E-state index contributed by atoms with van der Waals surface area (Å²) in [6.45, 7) is 6.66. The van der Waals surface area contributed by atoms with Crippen LogP contribution in [0.3, 0.4) is 0 Å². The van der Waals surface area contributed by atoms with Gasteiger partial charge in [0.15, 0.2) is 10.8 Å². The molecule has 0 aliphatic rings. The van der Waals surface area contributed by atoms with Crippen LogP contribution in [-0.2, 0) is 6.54 Å². The molecule has 0 saturated carbocycles. The van der Waals surface area contributed by atoms with Crippen LogP contribution in [0.2, 0.25) is 0 Å². The van der Waals surface area contributed by atoms with Crippen LogP contribution in [0.4, 0.5) is 0 Å². The fourth-order valence-electron chi connectivity index (χ4n) is 3.26. The van der Waals surface area contributed by atoms with Gasteiger partial charge in [-0.2, -0.15) is 4.98 Å². The minimum Gasteiger partial charge on any atom is -0.480 e. The van der Waals surface area contributed by atoms with Crippen LogP contribution in [0.1, 0.15) is 30.9 Å². The Morgan fingerprint density at radius 1 is 1.18 bits per heavy atom. The maximum atomic E-state index is 13.5. The topological polar surface area (TPSA) is 61.9 Å². The lowest BCUT2D eigenvalue weighted by atomic mass is 10.1. The number of hydrogen-bond acceptors (Lipinski definition) is 6. The number of thioether (sulfide) groups is 1. The van der Waals surface area contributed by atoms with E-state index in [0.717, 1.165) is 29.7 Å². The molecule has 1 aromatic carbocycles. The SMILES string of the molecule is CCCCn1c(=S)c2c(OC)nc(SC)nc2n(-c2cc(C)cc(C)c2)c1=O. The molecular weight excluding hydrogens is 392 g/mol. The van der Waals surface area contributed by atoms with Gasteiger partial charge < -0.3 is 4.74 Å². The fraction of sp³-hybridized carbons (Fsp3) is 0.400. The van der Waals surface area contributed by atoms with Crippen LogP contribution in [0.25, 0.3) is 16.7 Å². The van der Waals surface area contributed by atoms with E-state index in [9.17, 15) is 4.79 Å². The zero-order valence-corrected chi connectivity index (χ0v) is 18.4. The summed E-state index contributed by atoms with van der Waals surface area (Å²) < 4.78 is 9.20. The number of unbranched alkanes of at least 4 members (excludes halogenated alkanes) is 1. The predicted molar refractivity (Wildman–Crippen MR) is 117 cm³/mol. The number of hydrogen-bond donors (Lipinski definition) is 0. The van der Waals surface area contributed by atoms with Crippen LogP contribution in [0.15, 0.2) is 28.2 Å². The highest BCUT2D eigenvalue weighted by Gasteiger charge is 2.19. The summed E-state index contributed by atoms with van der Waals surface area (Å²) in [6, 6.07) is 6.04. The third-order valence-electron chi connectivity index (χ3n) is 4.51. The minimum atomic E-state index is -0.191. The molecule has 0 amide bonds. The molecule has 0 N–H and O–H groups in total. The van der Waals surface area contributed by atoms with Crippen molar-refractivity contribution < 1.29 is 4.74 Å². The molecule has 0 unspecified atom stereocenters. The van der Waals surface area contributed by atoms with Gasteiger partial charge in [0.05, 0.1) is 12.8 Å². The summed E-state index contributed by atoms with van der Waals surface area (Å²) in [5.74, 6) is 0.391. The third kappa shape index (κ3) is 3.71. The Morgan fingerprint density at radius 3 is 2.43 bits per heavy atom.